The molecule has 24 N–H and O–H groups in total. The number of primary amides is 2. The number of hydrogen-bond donors (Lipinski definition) is 20. The van der Waals surface area contributed by atoms with Crippen LogP contribution in [0.5, 0.6) is 5.75 Å². The summed E-state index contributed by atoms with van der Waals surface area (Å²) in [7, 11) is -5.53. The fourth-order valence-electron chi connectivity index (χ4n) is 10.1. The van der Waals surface area contributed by atoms with Gasteiger partial charge in [0.25, 0.3) is 0 Å². The SMILES string of the molecule is C#CC[C@H](NC(C)=O)C(=O)N[C@@H](CCCCN)C(=O)N[C@@H](CCCCN)C(=O)N[C@@H](C)C(=O)N[C@@H](Cc1ccc(C(=O)c2ccccc2)cc1)C(=O)N[C@@H](CCC(N)=O)C(=O)N[C@@H](C)C(=O)N[C@@H](COP(=O)(O)O)C(=O)N[C@@H](CCC(N)=O)C(=O)N[C@@H](CCC(=O)O)C(=O)N[C@@H](Cc1ccc(O)cc1)C(=O)O. The molecule has 11 atom stereocenters. The average molecular weight is 1520 g/mol. The smallest absolute Gasteiger partial charge is 0.469 e. The molecule has 584 valence electrons. The van der Waals surface area contributed by atoms with Crippen molar-refractivity contribution in [2.24, 2.45) is 22.9 Å². The van der Waals surface area contributed by atoms with E-state index in [4.69, 9.17) is 29.4 Å². The van der Waals surface area contributed by atoms with Crippen molar-refractivity contribution in [3.05, 3.63) is 101 Å². The number of phosphoric acid groups is 1. The van der Waals surface area contributed by atoms with Crippen LogP contribution in [0.2, 0.25) is 0 Å². The summed E-state index contributed by atoms with van der Waals surface area (Å²) in [5, 5.41) is 55.0. The third-order valence-corrected chi connectivity index (χ3v) is 16.4. The molecule has 0 heterocycles. The third kappa shape index (κ3) is 34.0. The van der Waals surface area contributed by atoms with Gasteiger partial charge in [-0.2, -0.15) is 0 Å². The number of ketones is 1. The van der Waals surface area contributed by atoms with Crippen LogP contribution >= 0.6 is 7.82 Å². The number of phenolic OH excluding ortho intramolecular Hbond substituents is 1. The molecule has 0 aromatic heterocycles. The minimum Gasteiger partial charge on any atom is -0.508 e. The van der Waals surface area contributed by atoms with Crippen LogP contribution in [0.15, 0.2) is 78.9 Å². The van der Waals surface area contributed by atoms with E-state index in [1.54, 1.807) is 30.3 Å². The molecule has 0 fully saturated rings. The van der Waals surface area contributed by atoms with E-state index in [-0.39, 0.29) is 62.3 Å². The number of carbonyl (C=O) groups excluding carboxylic acids is 14. The molecular formula is C68H94N15O23P. The Hall–Kier alpha value is -11.2. The molecule has 3 aromatic carbocycles. The maximum absolute atomic E-state index is 14.7. The Kier molecular flexibility index (Phi) is 38.6. The number of benzene rings is 3. The molecule has 3 aromatic rings. The van der Waals surface area contributed by atoms with Gasteiger partial charge in [-0.3, -0.25) is 76.4 Å². The summed E-state index contributed by atoms with van der Waals surface area (Å²) < 4.78 is 16.5. The van der Waals surface area contributed by atoms with E-state index in [0.717, 1.165) is 13.8 Å². The lowest BCUT2D eigenvalue weighted by atomic mass is 9.99. The van der Waals surface area contributed by atoms with Gasteiger partial charge >= 0.3 is 19.8 Å². The number of aliphatic carboxylic acids is 2. The minimum atomic E-state index is -5.53. The van der Waals surface area contributed by atoms with E-state index in [2.05, 4.69) is 68.9 Å². The summed E-state index contributed by atoms with van der Waals surface area (Å²) in [5.41, 5.74) is 23.4. The number of terminal acetylenes is 1. The number of unbranched alkanes of at least 4 members (excludes halogenated alkanes) is 2. The fraction of sp³-hybridized carbons (Fsp3) is 0.471. The first kappa shape index (κ1) is 90.0. The number of carboxylic acids is 2. The van der Waals surface area contributed by atoms with E-state index in [1.165, 1.54) is 55.5 Å². The van der Waals surface area contributed by atoms with Crippen LogP contribution in [0.4, 0.5) is 0 Å². The molecule has 13 amide bonds. The van der Waals surface area contributed by atoms with Gasteiger partial charge in [-0.25, -0.2) is 9.36 Å². The standard InChI is InChI=1S/C68H94N15O23P/c1-5-13-45(75-39(4)84)62(95)77-47(17-10-12-33-70)63(96)76-46(16-9-11-32-69)60(93)73-37(2)58(91)81-51(34-40-18-22-43(23-19-40)57(90)42-14-7-6-8-15-42)66(99)79-48(26-29-54(71)86)61(94)74-38(3)59(92)83-53(36-106-107(103,104)105)67(100)80-49(27-30-55(72)87)64(97)78-50(28-31-56(88)89)65(98)82-52(68(101)102)35-41-20-24-44(85)25-21-41/h1,6-8,14-15,18-25,37-38,45-53,85H,9-13,16-17,26-36,69-70H2,2-4H3,(H2,71,86)(H2,72,87)(H,73,93)(H,74,94)(H,75,84)(H,76,96)(H,77,95)(H,78,97)(H,79,99)(H,80,100)(H,81,91)(H,82,98)(H,83,92)(H,88,89)(H,101,102)(H2,103,104,105)/t37-,38-,45-,46-,47-,48-,49-,50-,51-,52-,53-/m0/s1. The molecule has 0 radical (unpaired) electrons. The Balaban J connectivity index is 1.99. The number of phenols is 1. The number of carbonyl (C=O) groups is 16. The first-order chi connectivity index (χ1) is 50.4. The summed E-state index contributed by atoms with van der Waals surface area (Å²) in [6.07, 6.45) is 1.70. The van der Waals surface area contributed by atoms with Crippen molar-refractivity contribution in [3.8, 4) is 18.1 Å². The first-order valence-electron chi connectivity index (χ1n) is 33.8. The quantitative estimate of drug-likeness (QED) is 0.0110. The number of rotatable bonds is 49. The van der Waals surface area contributed by atoms with Crippen LogP contribution in [0, 0.1) is 12.3 Å². The zero-order chi connectivity index (χ0) is 80.1. The van der Waals surface area contributed by atoms with E-state index in [0.29, 0.717) is 36.0 Å². The Morgan fingerprint density at radius 2 is 0.804 bits per heavy atom. The summed E-state index contributed by atoms with van der Waals surface area (Å²) in [4.78, 5) is 233. The summed E-state index contributed by atoms with van der Waals surface area (Å²) in [6, 6.07) is 0.580. The predicted octanol–water partition coefficient (Wildman–Crippen LogP) is -4.33. The zero-order valence-electron chi connectivity index (χ0n) is 59.0. The topological polar surface area (TPSA) is 637 Å². The van der Waals surface area contributed by atoms with Crippen LogP contribution in [-0.2, 0) is 93.8 Å². The van der Waals surface area contributed by atoms with Crippen molar-refractivity contribution in [3.63, 3.8) is 0 Å². The molecule has 0 aliphatic rings. The van der Waals surface area contributed by atoms with E-state index < -0.39 is 215 Å². The lowest BCUT2D eigenvalue weighted by Crippen LogP contribution is -2.61. The molecule has 0 saturated heterocycles. The number of aromatic hydroxyl groups is 1. The van der Waals surface area contributed by atoms with Gasteiger partial charge in [-0.05, 0) is 108 Å². The van der Waals surface area contributed by atoms with Gasteiger partial charge in [0.15, 0.2) is 5.78 Å². The van der Waals surface area contributed by atoms with Crippen LogP contribution in [0.1, 0.15) is 131 Å². The number of nitrogens with one attached hydrogen (secondary N) is 11. The van der Waals surface area contributed by atoms with Gasteiger partial charge in [0.1, 0.15) is 72.2 Å². The van der Waals surface area contributed by atoms with Crippen molar-refractivity contribution in [1.82, 2.24) is 58.5 Å². The molecule has 0 saturated carbocycles. The molecule has 0 aliphatic heterocycles. The third-order valence-electron chi connectivity index (χ3n) is 15.9. The molecule has 39 heteroatoms. The molecule has 0 unspecified atom stereocenters. The second kappa shape index (κ2) is 45.9. The Morgan fingerprint density at radius 1 is 0.449 bits per heavy atom. The molecule has 107 heavy (non-hydrogen) atoms. The normalized spacial score (nSPS) is 14.1. The predicted molar refractivity (Wildman–Crippen MR) is 379 cm³/mol. The molecule has 38 nitrogen and oxygen atoms in total. The first-order valence-corrected chi connectivity index (χ1v) is 35.3. The lowest BCUT2D eigenvalue weighted by molar-refractivity contribution is -0.143. The molecule has 0 aliphatic carbocycles. The highest BCUT2D eigenvalue weighted by atomic mass is 31.2. The van der Waals surface area contributed by atoms with Gasteiger partial charge in [0, 0.05) is 56.6 Å². The van der Waals surface area contributed by atoms with E-state index in [1.807, 2.05) is 0 Å². The summed E-state index contributed by atoms with van der Waals surface area (Å²) in [6.45, 7) is 2.42. The van der Waals surface area contributed by atoms with E-state index >= 15 is 0 Å². The molecule has 0 spiro atoms. The van der Waals surface area contributed by atoms with Gasteiger partial charge in [0.2, 0.25) is 76.8 Å². The van der Waals surface area contributed by atoms with Crippen molar-refractivity contribution >= 4 is 102 Å². The van der Waals surface area contributed by atoms with Gasteiger partial charge in [-0.15, -0.1) is 12.3 Å². The highest BCUT2D eigenvalue weighted by Crippen LogP contribution is 2.35. The zero-order valence-corrected chi connectivity index (χ0v) is 59.9. The van der Waals surface area contributed by atoms with Gasteiger partial charge < -0.3 is 107 Å². The van der Waals surface area contributed by atoms with Crippen molar-refractivity contribution < 1.29 is 111 Å². The largest absolute Gasteiger partial charge is 0.508 e. The molecular weight excluding hydrogens is 1430 g/mol. The molecule has 3 rings (SSSR count). The number of phosphoric ester groups is 1. The Labute approximate surface area is 614 Å². The Morgan fingerprint density at radius 3 is 1.21 bits per heavy atom. The number of nitrogens with two attached hydrogens (primary N) is 4. The molecule has 0 bridgehead atoms. The maximum atomic E-state index is 14.7. The van der Waals surface area contributed by atoms with Crippen LogP contribution < -0.4 is 81.4 Å². The number of hydrogen-bond acceptors (Lipinski definition) is 21. The van der Waals surface area contributed by atoms with Crippen molar-refractivity contribution in [2.45, 2.75) is 184 Å². The van der Waals surface area contributed by atoms with Gasteiger partial charge in [-0.1, -0.05) is 66.7 Å². The van der Waals surface area contributed by atoms with Crippen molar-refractivity contribution in [1.29, 1.82) is 0 Å². The van der Waals surface area contributed by atoms with E-state index in [9.17, 15) is 106 Å². The van der Waals surface area contributed by atoms with Crippen molar-refractivity contribution in [2.75, 3.05) is 19.7 Å². The minimum absolute atomic E-state index is 0.0286. The number of amides is 13. The fourth-order valence-corrected chi connectivity index (χ4v) is 10.5. The summed E-state index contributed by atoms with van der Waals surface area (Å²) >= 11 is 0. The summed E-state index contributed by atoms with van der Waals surface area (Å²) in [5.74, 6) is -15.4. The van der Waals surface area contributed by atoms with Crippen LogP contribution in [0.3, 0.4) is 0 Å². The van der Waals surface area contributed by atoms with Crippen LogP contribution in [0.25, 0.3) is 0 Å². The second-order valence-corrected chi connectivity index (χ2v) is 26.0. The second-order valence-electron chi connectivity index (χ2n) is 24.7. The average Bonchev–Trinajstić information content (AvgIpc) is 0.851. The highest BCUT2D eigenvalue weighted by molar-refractivity contribution is 7.46. The number of carboxylic acid groups (broad SMARTS) is 2. The maximum Gasteiger partial charge on any atom is 0.469 e. The van der Waals surface area contributed by atoms with Gasteiger partial charge in [0.05, 0.1) is 6.61 Å². The Bertz CT molecular complexity index is 3710. The highest BCUT2D eigenvalue weighted by Gasteiger charge is 2.37. The lowest BCUT2D eigenvalue weighted by Gasteiger charge is -2.27. The monoisotopic (exact) mass is 1520 g/mol. The van der Waals surface area contributed by atoms with Crippen LogP contribution in [-0.4, -0.2) is 206 Å².